The second-order valence-electron chi connectivity index (χ2n) is 6.28. The summed E-state index contributed by atoms with van der Waals surface area (Å²) >= 11 is 6.36. The van der Waals surface area contributed by atoms with Gasteiger partial charge in [0.15, 0.2) is 0 Å². The first-order chi connectivity index (χ1) is 8.37. The zero-order chi connectivity index (χ0) is 14.0. The van der Waals surface area contributed by atoms with Gasteiger partial charge in [0.25, 0.3) is 0 Å². The van der Waals surface area contributed by atoms with E-state index >= 15 is 0 Å². The minimum atomic E-state index is -0.234. The zero-order valence-electron chi connectivity index (χ0n) is 12.8. The Balaban J connectivity index is 3.59. The van der Waals surface area contributed by atoms with Crippen LogP contribution in [0.1, 0.15) is 58.8 Å². The number of likely N-dealkylation sites (N-methyl/N-ethyl adjacent to an activating group) is 1. The maximum absolute atomic E-state index is 9.43. The summed E-state index contributed by atoms with van der Waals surface area (Å²) in [7, 11) is 4.33. The minimum absolute atomic E-state index is 0.234. The smallest absolute Gasteiger partial charge is 0.104 e. The Morgan fingerprint density at radius 1 is 1.06 bits per heavy atom. The molecule has 0 spiro atoms. The first-order valence-electron chi connectivity index (χ1n) is 7.51. The van der Waals surface area contributed by atoms with Crippen LogP contribution in [-0.2, 0) is 0 Å². The van der Waals surface area contributed by atoms with E-state index in [4.69, 9.17) is 11.6 Å². The van der Waals surface area contributed by atoms with E-state index in [0.29, 0.717) is 5.38 Å². The molecule has 2 unspecified atom stereocenters. The molecule has 0 saturated carbocycles. The zero-order valence-corrected chi connectivity index (χ0v) is 13.5. The van der Waals surface area contributed by atoms with Gasteiger partial charge in [0, 0.05) is 11.8 Å². The minimum Gasteiger partial charge on any atom is -0.388 e. The standard InChI is InChI=1S/C15H33ClNO/c1-5-6-7-8-9-10-15(16)11-12-17(3,4)13-14(2)18/h14-15,18H,5-13H2,1-4H3/q+1. The maximum atomic E-state index is 9.43. The van der Waals surface area contributed by atoms with Gasteiger partial charge in [0.1, 0.15) is 12.6 Å². The first kappa shape index (κ1) is 18.2. The Hall–Kier alpha value is 0.210. The molecule has 0 aromatic rings. The second-order valence-corrected chi connectivity index (χ2v) is 6.90. The van der Waals surface area contributed by atoms with E-state index in [1.165, 1.54) is 32.1 Å². The summed E-state index contributed by atoms with van der Waals surface area (Å²) in [5.74, 6) is 0. The van der Waals surface area contributed by atoms with Gasteiger partial charge in [-0.3, -0.25) is 0 Å². The van der Waals surface area contributed by atoms with Crippen LogP contribution >= 0.6 is 11.6 Å². The lowest BCUT2D eigenvalue weighted by Gasteiger charge is -2.31. The number of alkyl halides is 1. The Labute approximate surface area is 119 Å². The molecular weight excluding hydrogens is 246 g/mol. The SMILES string of the molecule is CCCCCCCC(Cl)CC[N+](C)(C)CC(C)O. The van der Waals surface area contributed by atoms with E-state index in [0.717, 1.165) is 30.4 Å². The molecule has 0 aliphatic rings. The molecule has 0 aromatic carbocycles. The molecule has 0 aromatic heterocycles. The van der Waals surface area contributed by atoms with Crippen molar-refractivity contribution in [3.8, 4) is 0 Å². The Kier molecular flexibility index (Phi) is 10.2. The van der Waals surface area contributed by atoms with Crippen molar-refractivity contribution in [2.45, 2.75) is 70.3 Å². The summed E-state index contributed by atoms with van der Waals surface area (Å²) < 4.78 is 0.858. The molecule has 0 fully saturated rings. The maximum Gasteiger partial charge on any atom is 0.104 e. The number of hydrogen-bond acceptors (Lipinski definition) is 1. The quantitative estimate of drug-likeness (QED) is 0.346. The molecular formula is C15H33ClNO+. The molecule has 110 valence electrons. The fraction of sp³-hybridized carbons (Fsp3) is 1.00. The number of hydrogen-bond donors (Lipinski definition) is 1. The molecule has 0 radical (unpaired) electrons. The van der Waals surface area contributed by atoms with Crippen molar-refractivity contribution in [2.75, 3.05) is 27.2 Å². The normalized spacial score (nSPS) is 15.7. The van der Waals surface area contributed by atoms with Crippen LogP contribution in [0, 0.1) is 0 Å². The predicted octanol–water partition coefficient (Wildman–Crippen LogP) is 3.80. The monoisotopic (exact) mass is 278 g/mol. The summed E-state index contributed by atoms with van der Waals surface area (Å²) in [6.07, 6.45) is 8.54. The van der Waals surface area contributed by atoms with E-state index in [9.17, 15) is 5.11 Å². The first-order valence-corrected chi connectivity index (χ1v) is 7.95. The third-order valence-electron chi connectivity index (χ3n) is 3.43. The van der Waals surface area contributed by atoms with Crippen molar-refractivity contribution in [3.05, 3.63) is 0 Å². The highest BCUT2D eigenvalue weighted by molar-refractivity contribution is 6.20. The molecule has 0 aliphatic heterocycles. The van der Waals surface area contributed by atoms with Gasteiger partial charge in [0.05, 0.1) is 20.6 Å². The van der Waals surface area contributed by atoms with Crippen molar-refractivity contribution in [2.24, 2.45) is 0 Å². The summed E-state index contributed by atoms with van der Waals surface area (Å²) in [5.41, 5.74) is 0. The molecule has 0 amide bonds. The van der Waals surface area contributed by atoms with Gasteiger partial charge < -0.3 is 9.59 Å². The highest BCUT2D eigenvalue weighted by Crippen LogP contribution is 2.15. The van der Waals surface area contributed by atoms with Crippen LogP contribution in [0.2, 0.25) is 0 Å². The average molecular weight is 279 g/mol. The Morgan fingerprint density at radius 2 is 1.67 bits per heavy atom. The van der Waals surface area contributed by atoms with E-state index in [1.807, 2.05) is 6.92 Å². The van der Waals surface area contributed by atoms with E-state index in [-0.39, 0.29) is 6.10 Å². The Bertz CT molecular complexity index is 195. The topological polar surface area (TPSA) is 20.2 Å². The summed E-state index contributed by atoms with van der Waals surface area (Å²) in [4.78, 5) is 0. The van der Waals surface area contributed by atoms with Crippen LogP contribution in [0.15, 0.2) is 0 Å². The highest BCUT2D eigenvalue weighted by Gasteiger charge is 2.19. The van der Waals surface area contributed by atoms with Crippen molar-refractivity contribution < 1.29 is 9.59 Å². The molecule has 0 rings (SSSR count). The molecule has 2 nitrogen and oxygen atoms in total. The van der Waals surface area contributed by atoms with Crippen LogP contribution in [0.4, 0.5) is 0 Å². The fourth-order valence-electron chi connectivity index (χ4n) is 2.41. The summed E-state index contributed by atoms with van der Waals surface area (Å²) in [5, 5.41) is 9.73. The predicted molar refractivity (Wildman–Crippen MR) is 81.2 cm³/mol. The van der Waals surface area contributed by atoms with Gasteiger partial charge in [-0.2, -0.15) is 0 Å². The van der Waals surface area contributed by atoms with Crippen molar-refractivity contribution in [3.63, 3.8) is 0 Å². The summed E-state index contributed by atoms with van der Waals surface area (Å²) in [6.45, 7) is 5.95. The largest absolute Gasteiger partial charge is 0.388 e. The number of rotatable bonds is 11. The lowest BCUT2D eigenvalue weighted by atomic mass is 10.1. The van der Waals surface area contributed by atoms with Gasteiger partial charge >= 0.3 is 0 Å². The van der Waals surface area contributed by atoms with Gasteiger partial charge in [-0.05, 0) is 13.3 Å². The molecule has 18 heavy (non-hydrogen) atoms. The average Bonchev–Trinajstić information content (AvgIpc) is 2.24. The highest BCUT2D eigenvalue weighted by atomic mass is 35.5. The molecule has 0 saturated heterocycles. The number of unbranched alkanes of at least 4 members (excludes halogenated alkanes) is 4. The van der Waals surface area contributed by atoms with Crippen LogP contribution < -0.4 is 0 Å². The second kappa shape index (κ2) is 10.1. The van der Waals surface area contributed by atoms with E-state index in [2.05, 4.69) is 21.0 Å². The van der Waals surface area contributed by atoms with Gasteiger partial charge in [0.2, 0.25) is 0 Å². The lowest BCUT2D eigenvalue weighted by Crippen LogP contribution is -2.45. The van der Waals surface area contributed by atoms with Gasteiger partial charge in [-0.1, -0.05) is 39.0 Å². The fourth-order valence-corrected chi connectivity index (χ4v) is 2.66. The number of quaternary nitrogens is 1. The van der Waals surface area contributed by atoms with Crippen LogP contribution in [0.5, 0.6) is 0 Å². The molecule has 3 heteroatoms. The third kappa shape index (κ3) is 11.3. The van der Waals surface area contributed by atoms with Crippen molar-refractivity contribution in [1.82, 2.24) is 0 Å². The van der Waals surface area contributed by atoms with Gasteiger partial charge in [-0.15, -0.1) is 11.6 Å². The number of halogens is 1. The number of aliphatic hydroxyl groups excluding tert-OH is 1. The molecule has 1 N–H and O–H groups in total. The molecule has 0 bridgehead atoms. The van der Waals surface area contributed by atoms with Crippen LogP contribution in [-0.4, -0.2) is 48.3 Å². The third-order valence-corrected chi connectivity index (χ3v) is 3.86. The summed E-state index contributed by atoms with van der Waals surface area (Å²) in [6, 6.07) is 0. The van der Waals surface area contributed by atoms with Crippen molar-refractivity contribution in [1.29, 1.82) is 0 Å². The molecule has 0 heterocycles. The number of aliphatic hydroxyl groups is 1. The number of nitrogens with zero attached hydrogens (tertiary/aromatic N) is 1. The van der Waals surface area contributed by atoms with Gasteiger partial charge in [-0.25, -0.2) is 0 Å². The molecule has 0 aliphatic carbocycles. The van der Waals surface area contributed by atoms with E-state index in [1.54, 1.807) is 0 Å². The van der Waals surface area contributed by atoms with E-state index < -0.39 is 0 Å². The van der Waals surface area contributed by atoms with Crippen LogP contribution in [0.3, 0.4) is 0 Å². The van der Waals surface area contributed by atoms with Crippen molar-refractivity contribution >= 4 is 11.6 Å². The Morgan fingerprint density at radius 3 is 2.22 bits per heavy atom. The lowest BCUT2D eigenvalue weighted by molar-refractivity contribution is -0.893. The van der Waals surface area contributed by atoms with Crippen LogP contribution in [0.25, 0.3) is 0 Å². The molecule has 2 atom stereocenters.